The van der Waals surface area contributed by atoms with E-state index in [4.69, 9.17) is 16.7 Å². The first-order valence-electron chi connectivity index (χ1n) is 3.16. The third-order valence-electron chi connectivity index (χ3n) is 1.40. The molecule has 5 nitrogen and oxygen atoms in total. The second-order valence-corrected chi connectivity index (χ2v) is 2.20. The van der Waals surface area contributed by atoms with Crippen molar-refractivity contribution >= 4 is 11.6 Å². The molecular weight excluding hydrogens is 160 g/mol. The Morgan fingerprint density at radius 2 is 2.17 bits per heavy atom. The van der Waals surface area contributed by atoms with E-state index >= 15 is 0 Å². The maximum Gasteiger partial charge on any atom is 0.250 e. The van der Waals surface area contributed by atoms with Gasteiger partial charge in [-0.2, -0.15) is 0 Å². The number of primary amides is 1. The second-order valence-electron chi connectivity index (χ2n) is 2.20. The molecule has 0 bridgehead atoms. The number of benzene rings is 1. The minimum atomic E-state index is -0.661. The van der Waals surface area contributed by atoms with Crippen LogP contribution < -0.4 is 16.4 Å². The summed E-state index contributed by atoms with van der Waals surface area (Å²) < 4.78 is 0. The number of rotatable bonds is 2. The molecule has 1 aromatic rings. The summed E-state index contributed by atoms with van der Waals surface area (Å²) in [4.78, 5) is 14.6. The highest BCUT2D eigenvalue weighted by atomic mass is 17.1. The Morgan fingerprint density at radius 3 is 2.67 bits per heavy atom. The standard InChI is InChI=1S/C7H8N2O3/c8-6-2-1-4(12-11)3-5(6)7(9)10/h1-3,11H,8H2,(H2,9,10). The Kier molecular flexibility index (Phi) is 2.16. The molecule has 64 valence electrons. The van der Waals surface area contributed by atoms with Crippen molar-refractivity contribution in [2.24, 2.45) is 5.73 Å². The van der Waals surface area contributed by atoms with Gasteiger partial charge in [0.15, 0.2) is 5.75 Å². The number of anilines is 1. The van der Waals surface area contributed by atoms with Crippen molar-refractivity contribution in [3.05, 3.63) is 23.8 Å². The lowest BCUT2D eigenvalue weighted by Crippen LogP contribution is -2.13. The lowest BCUT2D eigenvalue weighted by molar-refractivity contribution is -0.137. The van der Waals surface area contributed by atoms with E-state index in [1.165, 1.54) is 18.2 Å². The zero-order valence-corrected chi connectivity index (χ0v) is 6.15. The van der Waals surface area contributed by atoms with Crippen molar-refractivity contribution < 1.29 is 14.9 Å². The molecule has 0 aliphatic rings. The van der Waals surface area contributed by atoms with Crippen LogP contribution in [0, 0.1) is 0 Å². The molecule has 1 amide bonds. The van der Waals surface area contributed by atoms with Crippen LogP contribution in [0.1, 0.15) is 10.4 Å². The maximum absolute atomic E-state index is 10.7. The zero-order chi connectivity index (χ0) is 9.14. The fourth-order valence-corrected chi connectivity index (χ4v) is 0.806. The van der Waals surface area contributed by atoms with Crippen LogP contribution in [-0.2, 0) is 0 Å². The Labute approximate surface area is 68.5 Å². The van der Waals surface area contributed by atoms with Crippen molar-refractivity contribution in [3.8, 4) is 5.75 Å². The molecule has 0 fully saturated rings. The number of nitrogens with two attached hydrogens (primary N) is 2. The van der Waals surface area contributed by atoms with Gasteiger partial charge in [-0.1, -0.05) is 0 Å². The van der Waals surface area contributed by atoms with Gasteiger partial charge < -0.3 is 16.4 Å². The lowest BCUT2D eigenvalue weighted by atomic mass is 10.1. The molecule has 0 spiro atoms. The van der Waals surface area contributed by atoms with E-state index in [-0.39, 0.29) is 17.0 Å². The van der Waals surface area contributed by atoms with Crippen molar-refractivity contribution in [3.63, 3.8) is 0 Å². The van der Waals surface area contributed by atoms with Crippen molar-refractivity contribution in [1.29, 1.82) is 0 Å². The molecule has 1 rings (SSSR count). The number of amides is 1. The lowest BCUT2D eigenvalue weighted by Gasteiger charge is -2.02. The van der Waals surface area contributed by atoms with Gasteiger partial charge in [0.1, 0.15) is 0 Å². The van der Waals surface area contributed by atoms with E-state index < -0.39 is 5.91 Å². The zero-order valence-electron chi connectivity index (χ0n) is 6.15. The number of hydrogen-bond acceptors (Lipinski definition) is 4. The van der Waals surface area contributed by atoms with Gasteiger partial charge in [0.05, 0.1) is 5.56 Å². The van der Waals surface area contributed by atoms with Gasteiger partial charge in [-0.05, 0) is 18.2 Å². The first-order chi connectivity index (χ1) is 5.65. The average Bonchev–Trinajstić information content (AvgIpc) is 2.05. The third-order valence-corrected chi connectivity index (χ3v) is 1.40. The third kappa shape index (κ3) is 1.46. The molecule has 0 saturated heterocycles. The highest BCUT2D eigenvalue weighted by Crippen LogP contribution is 2.18. The molecular formula is C7H8N2O3. The van der Waals surface area contributed by atoms with E-state index in [1.807, 2.05) is 0 Å². The predicted molar refractivity (Wildman–Crippen MR) is 42.6 cm³/mol. The fraction of sp³-hybridized carbons (Fsp3) is 0. The van der Waals surface area contributed by atoms with Gasteiger partial charge in [0, 0.05) is 5.69 Å². The Morgan fingerprint density at radius 1 is 1.50 bits per heavy atom. The monoisotopic (exact) mass is 168 g/mol. The quantitative estimate of drug-likeness (QED) is 0.334. The van der Waals surface area contributed by atoms with Crippen LogP contribution in [-0.4, -0.2) is 11.2 Å². The van der Waals surface area contributed by atoms with E-state index in [2.05, 4.69) is 4.89 Å². The van der Waals surface area contributed by atoms with Crippen molar-refractivity contribution in [2.45, 2.75) is 0 Å². The van der Waals surface area contributed by atoms with Crippen LogP contribution in [0.2, 0.25) is 0 Å². The minimum Gasteiger partial charge on any atom is -0.398 e. The van der Waals surface area contributed by atoms with Gasteiger partial charge in [0.25, 0.3) is 5.91 Å². The molecule has 0 radical (unpaired) electrons. The first-order valence-corrected chi connectivity index (χ1v) is 3.16. The number of hydrogen-bond donors (Lipinski definition) is 3. The normalized spacial score (nSPS) is 9.42. The van der Waals surface area contributed by atoms with E-state index in [1.54, 1.807) is 0 Å². The predicted octanol–water partition coefficient (Wildman–Crippen LogP) is 0.219. The van der Waals surface area contributed by atoms with Gasteiger partial charge in [-0.3, -0.25) is 4.79 Å². The molecule has 0 aliphatic carbocycles. The Hall–Kier alpha value is -1.75. The molecule has 1 aromatic carbocycles. The largest absolute Gasteiger partial charge is 0.398 e. The fourth-order valence-electron chi connectivity index (χ4n) is 0.806. The topological polar surface area (TPSA) is 98.6 Å². The average molecular weight is 168 g/mol. The molecule has 0 saturated carbocycles. The molecule has 0 aromatic heterocycles. The molecule has 0 unspecified atom stereocenters. The van der Waals surface area contributed by atoms with Gasteiger partial charge in [0.2, 0.25) is 0 Å². The van der Waals surface area contributed by atoms with E-state index in [9.17, 15) is 4.79 Å². The van der Waals surface area contributed by atoms with Crippen LogP contribution in [0.4, 0.5) is 5.69 Å². The highest BCUT2D eigenvalue weighted by Gasteiger charge is 2.06. The highest BCUT2D eigenvalue weighted by molar-refractivity contribution is 5.98. The summed E-state index contributed by atoms with van der Waals surface area (Å²) in [5.74, 6) is -0.538. The smallest absolute Gasteiger partial charge is 0.250 e. The number of carbonyl (C=O) groups is 1. The van der Waals surface area contributed by atoms with Gasteiger partial charge >= 0.3 is 0 Å². The summed E-state index contributed by atoms with van der Waals surface area (Å²) >= 11 is 0. The summed E-state index contributed by atoms with van der Waals surface area (Å²) in [5, 5.41) is 8.24. The second kappa shape index (κ2) is 3.10. The summed E-state index contributed by atoms with van der Waals surface area (Å²) in [5.41, 5.74) is 10.8. The molecule has 5 N–H and O–H groups in total. The molecule has 5 heteroatoms. The van der Waals surface area contributed by atoms with Crippen LogP contribution >= 0.6 is 0 Å². The van der Waals surface area contributed by atoms with Gasteiger partial charge in [-0.25, -0.2) is 5.26 Å². The molecule has 0 atom stereocenters. The SMILES string of the molecule is NC(=O)c1cc(OO)ccc1N. The Bertz CT molecular complexity index is 312. The number of carbonyl (C=O) groups excluding carboxylic acids is 1. The summed E-state index contributed by atoms with van der Waals surface area (Å²) in [7, 11) is 0. The summed E-state index contributed by atoms with van der Waals surface area (Å²) in [6, 6.07) is 4.10. The Balaban J connectivity index is 3.17. The summed E-state index contributed by atoms with van der Waals surface area (Å²) in [6.45, 7) is 0. The van der Waals surface area contributed by atoms with Crippen LogP contribution in [0.25, 0.3) is 0 Å². The maximum atomic E-state index is 10.7. The van der Waals surface area contributed by atoms with Crippen LogP contribution in [0.5, 0.6) is 5.75 Å². The van der Waals surface area contributed by atoms with E-state index in [0.717, 1.165) is 0 Å². The van der Waals surface area contributed by atoms with Crippen molar-refractivity contribution in [2.75, 3.05) is 5.73 Å². The first kappa shape index (κ1) is 8.35. The van der Waals surface area contributed by atoms with Crippen LogP contribution in [0.3, 0.4) is 0 Å². The number of nitrogen functional groups attached to an aromatic ring is 1. The molecule has 12 heavy (non-hydrogen) atoms. The van der Waals surface area contributed by atoms with E-state index in [0.29, 0.717) is 0 Å². The molecule has 0 aliphatic heterocycles. The van der Waals surface area contributed by atoms with Crippen molar-refractivity contribution in [1.82, 2.24) is 0 Å². The van der Waals surface area contributed by atoms with Gasteiger partial charge in [-0.15, -0.1) is 0 Å². The minimum absolute atomic E-state index is 0.123. The molecule has 0 heterocycles. The van der Waals surface area contributed by atoms with Crippen LogP contribution in [0.15, 0.2) is 18.2 Å². The summed E-state index contributed by atoms with van der Waals surface area (Å²) in [6.07, 6.45) is 0.